The number of phenolic OH excluding ortho intramolecular Hbond substituents is 1. The molecule has 2 aromatic rings. The summed E-state index contributed by atoms with van der Waals surface area (Å²) in [4.78, 5) is 0. The molecular weight excluding hydrogens is 364 g/mol. The zero-order valence-corrected chi connectivity index (χ0v) is 18.0. The van der Waals surface area contributed by atoms with Crippen molar-refractivity contribution in [3.05, 3.63) is 47.0 Å². The summed E-state index contributed by atoms with van der Waals surface area (Å²) in [6.45, 7) is 9.84. The SMILES string of the molecule is CC(C)CCOc1ccc(C2COc3c(ccc4c3CCC(C)(C)O4)C2)c(O)c1. The van der Waals surface area contributed by atoms with Crippen LogP contribution in [0.3, 0.4) is 0 Å². The van der Waals surface area contributed by atoms with Crippen molar-refractivity contribution < 1.29 is 19.3 Å². The van der Waals surface area contributed by atoms with E-state index >= 15 is 0 Å². The lowest BCUT2D eigenvalue weighted by molar-refractivity contribution is 0.0826. The number of fused-ring (bicyclic) bond motifs is 3. The maximum atomic E-state index is 10.6. The van der Waals surface area contributed by atoms with Gasteiger partial charge in [-0.2, -0.15) is 0 Å². The molecule has 0 bridgehead atoms. The molecule has 2 aromatic carbocycles. The van der Waals surface area contributed by atoms with E-state index in [0.717, 1.165) is 48.5 Å². The van der Waals surface area contributed by atoms with Crippen molar-refractivity contribution in [3.8, 4) is 23.0 Å². The number of hydrogen-bond acceptors (Lipinski definition) is 4. The van der Waals surface area contributed by atoms with Crippen LogP contribution in [0.4, 0.5) is 0 Å². The van der Waals surface area contributed by atoms with Gasteiger partial charge in [-0.3, -0.25) is 0 Å². The molecule has 156 valence electrons. The summed E-state index contributed by atoms with van der Waals surface area (Å²) < 4.78 is 18.1. The molecule has 0 amide bonds. The number of benzene rings is 2. The number of phenols is 1. The summed E-state index contributed by atoms with van der Waals surface area (Å²) in [6, 6.07) is 9.85. The summed E-state index contributed by atoms with van der Waals surface area (Å²) in [5.74, 6) is 3.67. The summed E-state index contributed by atoms with van der Waals surface area (Å²) in [5.41, 5.74) is 3.18. The van der Waals surface area contributed by atoms with Gasteiger partial charge in [0.2, 0.25) is 0 Å². The number of ether oxygens (including phenoxy) is 3. The Morgan fingerprint density at radius 1 is 1.21 bits per heavy atom. The van der Waals surface area contributed by atoms with Crippen molar-refractivity contribution in [2.75, 3.05) is 13.2 Å². The maximum Gasteiger partial charge on any atom is 0.129 e. The number of aromatic hydroxyl groups is 1. The topological polar surface area (TPSA) is 47.9 Å². The molecule has 0 aromatic heterocycles. The van der Waals surface area contributed by atoms with Gasteiger partial charge in [-0.1, -0.05) is 26.0 Å². The Morgan fingerprint density at radius 2 is 2.03 bits per heavy atom. The Hall–Kier alpha value is -2.36. The quantitative estimate of drug-likeness (QED) is 0.710. The molecule has 0 fully saturated rings. The first-order valence-electron chi connectivity index (χ1n) is 10.7. The van der Waals surface area contributed by atoms with Gasteiger partial charge in [0.25, 0.3) is 0 Å². The van der Waals surface area contributed by atoms with Crippen LogP contribution in [0.25, 0.3) is 0 Å². The molecule has 2 heterocycles. The predicted molar refractivity (Wildman–Crippen MR) is 114 cm³/mol. The van der Waals surface area contributed by atoms with Gasteiger partial charge in [-0.15, -0.1) is 0 Å². The number of hydrogen-bond donors (Lipinski definition) is 1. The van der Waals surface area contributed by atoms with Crippen molar-refractivity contribution in [1.29, 1.82) is 0 Å². The Labute approximate surface area is 173 Å². The zero-order valence-electron chi connectivity index (χ0n) is 18.0. The number of rotatable bonds is 5. The highest BCUT2D eigenvalue weighted by atomic mass is 16.5. The molecule has 4 rings (SSSR count). The highest BCUT2D eigenvalue weighted by molar-refractivity contribution is 5.54. The van der Waals surface area contributed by atoms with Crippen LogP contribution in [-0.4, -0.2) is 23.9 Å². The van der Waals surface area contributed by atoms with Gasteiger partial charge in [0.1, 0.15) is 28.6 Å². The van der Waals surface area contributed by atoms with E-state index in [9.17, 15) is 5.11 Å². The lowest BCUT2D eigenvalue weighted by Crippen LogP contribution is -2.33. The summed E-state index contributed by atoms with van der Waals surface area (Å²) in [5, 5.41) is 10.6. The molecule has 0 saturated carbocycles. The first-order chi connectivity index (χ1) is 13.8. The van der Waals surface area contributed by atoms with E-state index in [0.29, 0.717) is 19.1 Å². The summed E-state index contributed by atoms with van der Waals surface area (Å²) in [7, 11) is 0. The fraction of sp³-hybridized carbons (Fsp3) is 0.520. The second kappa shape index (κ2) is 7.81. The molecular formula is C25H32O4. The Balaban J connectivity index is 1.49. The highest BCUT2D eigenvalue weighted by Gasteiger charge is 2.32. The van der Waals surface area contributed by atoms with Gasteiger partial charge >= 0.3 is 0 Å². The maximum absolute atomic E-state index is 10.6. The van der Waals surface area contributed by atoms with E-state index in [2.05, 4.69) is 39.8 Å². The van der Waals surface area contributed by atoms with Gasteiger partial charge in [0.15, 0.2) is 0 Å². The Bertz CT molecular complexity index is 885. The monoisotopic (exact) mass is 396 g/mol. The first-order valence-corrected chi connectivity index (χ1v) is 10.7. The molecule has 0 saturated heterocycles. The molecule has 1 unspecified atom stereocenters. The Kier molecular flexibility index (Phi) is 5.37. The minimum atomic E-state index is -0.122. The van der Waals surface area contributed by atoms with E-state index in [1.807, 2.05) is 12.1 Å². The minimum Gasteiger partial charge on any atom is -0.508 e. The van der Waals surface area contributed by atoms with Crippen LogP contribution in [0.5, 0.6) is 23.0 Å². The van der Waals surface area contributed by atoms with Gasteiger partial charge in [0, 0.05) is 23.1 Å². The van der Waals surface area contributed by atoms with Gasteiger partial charge in [0.05, 0.1) is 13.2 Å². The summed E-state index contributed by atoms with van der Waals surface area (Å²) >= 11 is 0. The molecule has 4 heteroatoms. The van der Waals surface area contributed by atoms with Crippen molar-refractivity contribution in [2.45, 2.75) is 64.9 Å². The van der Waals surface area contributed by atoms with Gasteiger partial charge in [-0.05, 0) is 63.1 Å². The molecule has 1 N–H and O–H groups in total. The van der Waals surface area contributed by atoms with Crippen molar-refractivity contribution in [2.24, 2.45) is 5.92 Å². The zero-order chi connectivity index (χ0) is 20.6. The molecule has 2 aliphatic heterocycles. The third kappa shape index (κ3) is 4.31. The molecule has 0 radical (unpaired) electrons. The van der Waals surface area contributed by atoms with E-state index in [1.54, 1.807) is 6.07 Å². The third-order valence-corrected chi connectivity index (χ3v) is 5.96. The van der Waals surface area contributed by atoms with Crippen LogP contribution in [0.15, 0.2) is 30.3 Å². The van der Waals surface area contributed by atoms with Crippen molar-refractivity contribution in [3.63, 3.8) is 0 Å². The second-order valence-electron chi connectivity index (χ2n) is 9.36. The normalized spacial score (nSPS) is 19.7. The minimum absolute atomic E-state index is 0.122. The van der Waals surface area contributed by atoms with Crippen molar-refractivity contribution >= 4 is 0 Å². The average molecular weight is 397 g/mol. The molecule has 29 heavy (non-hydrogen) atoms. The molecule has 0 aliphatic carbocycles. The van der Waals surface area contributed by atoms with Crippen molar-refractivity contribution in [1.82, 2.24) is 0 Å². The molecule has 1 atom stereocenters. The van der Waals surface area contributed by atoms with Gasteiger partial charge < -0.3 is 19.3 Å². The van der Waals surface area contributed by atoms with Crippen LogP contribution in [-0.2, 0) is 12.8 Å². The van der Waals surface area contributed by atoms with Crippen LogP contribution in [0.2, 0.25) is 0 Å². The Morgan fingerprint density at radius 3 is 2.79 bits per heavy atom. The molecule has 2 aliphatic rings. The lowest BCUT2D eigenvalue weighted by atomic mass is 9.86. The van der Waals surface area contributed by atoms with E-state index in [1.165, 1.54) is 11.1 Å². The smallest absolute Gasteiger partial charge is 0.129 e. The molecule has 4 nitrogen and oxygen atoms in total. The lowest BCUT2D eigenvalue weighted by Gasteiger charge is -2.35. The third-order valence-electron chi connectivity index (χ3n) is 5.96. The highest BCUT2D eigenvalue weighted by Crippen LogP contribution is 2.45. The molecule has 0 spiro atoms. The van der Waals surface area contributed by atoms with E-state index in [-0.39, 0.29) is 17.3 Å². The summed E-state index contributed by atoms with van der Waals surface area (Å²) in [6.07, 6.45) is 3.82. The van der Waals surface area contributed by atoms with Gasteiger partial charge in [-0.25, -0.2) is 0 Å². The fourth-order valence-corrected chi connectivity index (χ4v) is 4.18. The van der Waals surface area contributed by atoms with E-state index < -0.39 is 0 Å². The van der Waals surface area contributed by atoms with Crippen LogP contribution < -0.4 is 14.2 Å². The first kappa shape index (κ1) is 19.9. The van der Waals surface area contributed by atoms with Crippen LogP contribution in [0.1, 0.15) is 63.1 Å². The van der Waals surface area contributed by atoms with Crippen LogP contribution >= 0.6 is 0 Å². The fourth-order valence-electron chi connectivity index (χ4n) is 4.18. The van der Waals surface area contributed by atoms with E-state index in [4.69, 9.17) is 14.2 Å². The average Bonchev–Trinajstić information content (AvgIpc) is 2.66. The second-order valence-corrected chi connectivity index (χ2v) is 9.36. The largest absolute Gasteiger partial charge is 0.508 e. The van der Waals surface area contributed by atoms with Crippen LogP contribution in [0, 0.1) is 5.92 Å². The predicted octanol–water partition coefficient (Wildman–Crippen LogP) is 5.64. The standard InChI is InChI=1S/C25H32O4/c1-16(2)10-12-27-19-6-7-20(22(26)14-19)18-13-17-5-8-23-21(24(17)28-15-18)9-11-25(3,4)29-23/h5-8,14,16,18,26H,9-13,15H2,1-4H3.